The Morgan fingerprint density at radius 3 is 2.54 bits per heavy atom. The Balaban J connectivity index is 2.26. The molecular weight excluding hydrogens is 371 g/mol. The topological polar surface area (TPSA) is 111 Å². The zero-order valence-corrected chi connectivity index (χ0v) is 13.7. The largest absolute Gasteiger partial charge is 0.417 e. The molecule has 6 nitrogen and oxygen atoms in total. The lowest BCUT2D eigenvalue weighted by molar-refractivity contribution is -0.137. The Hall–Kier alpha value is -3.07. The van der Waals surface area contributed by atoms with E-state index in [1.165, 1.54) is 18.3 Å². The number of nitrogens with one attached hydrogen (secondary N) is 1. The van der Waals surface area contributed by atoms with Crippen molar-refractivity contribution in [3.05, 3.63) is 52.7 Å². The monoisotopic (exact) mass is 381 g/mol. The molecule has 3 rings (SSSR count). The van der Waals surface area contributed by atoms with Crippen LogP contribution in [0.2, 0.25) is 5.02 Å². The average Bonchev–Trinajstić information content (AvgIpc) is 2.99. The van der Waals surface area contributed by atoms with Crippen LogP contribution in [0.3, 0.4) is 0 Å². The minimum atomic E-state index is -4.65. The van der Waals surface area contributed by atoms with E-state index in [0.29, 0.717) is 5.69 Å². The van der Waals surface area contributed by atoms with Crippen molar-refractivity contribution in [3.63, 3.8) is 0 Å². The molecule has 26 heavy (non-hydrogen) atoms. The van der Waals surface area contributed by atoms with Crippen molar-refractivity contribution >= 4 is 23.5 Å². The first-order valence-electron chi connectivity index (χ1n) is 7.15. The zero-order valence-electron chi connectivity index (χ0n) is 12.9. The van der Waals surface area contributed by atoms with Crippen molar-refractivity contribution in [2.24, 2.45) is 5.73 Å². The summed E-state index contributed by atoms with van der Waals surface area (Å²) in [5.74, 6) is -0.935. The molecule has 2 heterocycles. The van der Waals surface area contributed by atoms with Crippen molar-refractivity contribution < 1.29 is 18.0 Å². The third-order valence-electron chi connectivity index (χ3n) is 3.59. The second-order valence-electron chi connectivity index (χ2n) is 5.32. The first-order valence-corrected chi connectivity index (χ1v) is 7.53. The first-order chi connectivity index (χ1) is 12.2. The van der Waals surface area contributed by atoms with Crippen LogP contribution in [0.15, 0.2) is 36.5 Å². The van der Waals surface area contributed by atoms with Gasteiger partial charge in [-0.15, -0.1) is 0 Å². The van der Waals surface area contributed by atoms with Crippen LogP contribution in [0.1, 0.15) is 15.9 Å². The number of hydrogen-bond donors (Lipinski definition) is 3. The highest BCUT2D eigenvalue weighted by Crippen LogP contribution is 2.40. The zero-order chi connectivity index (χ0) is 19.1. The molecule has 1 aromatic carbocycles. The highest BCUT2D eigenvalue weighted by molar-refractivity contribution is 6.31. The number of nitrogens with two attached hydrogens (primary N) is 2. The molecule has 0 bridgehead atoms. The summed E-state index contributed by atoms with van der Waals surface area (Å²) in [7, 11) is 0. The van der Waals surface area contributed by atoms with Gasteiger partial charge in [0.2, 0.25) is 5.95 Å². The lowest BCUT2D eigenvalue weighted by Crippen LogP contribution is -2.13. The maximum atomic E-state index is 13.4. The summed E-state index contributed by atoms with van der Waals surface area (Å²) in [6.07, 6.45) is -3.28. The van der Waals surface area contributed by atoms with E-state index in [1.54, 1.807) is 0 Å². The number of benzene rings is 1. The number of halogens is 4. The van der Waals surface area contributed by atoms with Gasteiger partial charge in [0.05, 0.1) is 28.2 Å². The summed E-state index contributed by atoms with van der Waals surface area (Å²) in [4.78, 5) is 22.3. The Morgan fingerprint density at radius 1 is 1.19 bits per heavy atom. The fourth-order valence-electron chi connectivity index (χ4n) is 2.49. The second kappa shape index (κ2) is 6.34. The van der Waals surface area contributed by atoms with E-state index in [1.807, 2.05) is 0 Å². The molecule has 0 fully saturated rings. The van der Waals surface area contributed by atoms with Crippen molar-refractivity contribution in [1.29, 1.82) is 0 Å². The van der Waals surface area contributed by atoms with Gasteiger partial charge in [-0.05, 0) is 30.3 Å². The molecule has 0 saturated carbocycles. The lowest BCUT2D eigenvalue weighted by atomic mass is 10.0. The number of aromatic amines is 1. The number of aromatic nitrogens is 3. The number of amides is 1. The number of carbonyl (C=O) groups excluding carboxylic acids is 1. The van der Waals surface area contributed by atoms with E-state index >= 15 is 0 Å². The van der Waals surface area contributed by atoms with Crippen molar-refractivity contribution in [2.45, 2.75) is 6.18 Å². The van der Waals surface area contributed by atoms with Gasteiger partial charge in [0.1, 0.15) is 0 Å². The van der Waals surface area contributed by atoms with Crippen molar-refractivity contribution in [1.82, 2.24) is 15.0 Å². The molecule has 1 amide bonds. The predicted octanol–water partition coefficient (Wildman–Crippen LogP) is 3.49. The molecule has 134 valence electrons. The Morgan fingerprint density at radius 2 is 1.92 bits per heavy atom. The molecule has 0 aliphatic rings. The van der Waals surface area contributed by atoms with E-state index in [-0.39, 0.29) is 33.5 Å². The summed E-state index contributed by atoms with van der Waals surface area (Å²) < 4.78 is 40.1. The number of anilines is 1. The van der Waals surface area contributed by atoms with Crippen LogP contribution in [-0.4, -0.2) is 20.9 Å². The quantitative estimate of drug-likeness (QED) is 0.644. The minimum absolute atomic E-state index is 0.0296. The van der Waals surface area contributed by atoms with Gasteiger partial charge < -0.3 is 16.5 Å². The molecule has 0 saturated heterocycles. The molecule has 10 heteroatoms. The molecule has 0 unspecified atom stereocenters. The lowest BCUT2D eigenvalue weighted by Gasteiger charge is -2.13. The normalized spacial score (nSPS) is 11.5. The number of alkyl halides is 3. The second-order valence-corrected chi connectivity index (χ2v) is 5.76. The Kier molecular flexibility index (Phi) is 4.33. The number of rotatable bonds is 3. The van der Waals surface area contributed by atoms with Gasteiger partial charge in [-0.2, -0.15) is 13.2 Å². The number of H-pyrrole nitrogens is 1. The fourth-order valence-corrected chi connectivity index (χ4v) is 2.67. The molecule has 5 N–H and O–H groups in total. The van der Waals surface area contributed by atoms with E-state index in [0.717, 1.165) is 18.2 Å². The van der Waals surface area contributed by atoms with Gasteiger partial charge in [0.25, 0.3) is 5.91 Å². The summed E-state index contributed by atoms with van der Waals surface area (Å²) >= 11 is 5.86. The van der Waals surface area contributed by atoms with Gasteiger partial charge in [-0.3, -0.25) is 4.79 Å². The summed E-state index contributed by atoms with van der Waals surface area (Å²) in [5.41, 5.74) is 9.91. The summed E-state index contributed by atoms with van der Waals surface area (Å²) in [5, 5.41) is 0.0749. The standard InChI is InChI=1S/C16H11ClF3N5O/c17-7-1-2-10(16(18,19)20)8(5-7)13-9(14(21)26)6-12(24-13)11-3-4-23-15(22)25-11/h1-6,24H,(H2,21,26)(H2,22,23,25). The fraction of sp³-hybridized carbons (Fsp3) is 0.0625. The third-order valence-corrected chi connectivity index (χ3v) is 3.82. The molecule has 2 aromatic heterocycles. The molecule has 0 aliphatic carbocycles. The van der Waals surface area contributed by atoms with Gasteiger partial charge in [-0.25, -0.2) is 9.97 Å². The molecular formula is C16H11ClF3N5O. The van der Waals surface area contributed by atoms with Crippen LogP contribution >= 0.6 is 11.6 Å². The van der Waals surface area contributed by atoms with Crippen LogP contribution in [0.5, 0.6) is 0 Å². The minimum Gasteiger partial charge on any atom is -0.368 e. The van der Waals surface area contributed by atoms with Crippen LogP contribution < -0.4 is 11.5 Å². The number of hydrogen-bond acceptors (Lipinski definition) is 4. The van der Waals surface area contributed by atoms with Gasteiger partial charge in [0.15, 0.2) is 0 Å². The van der Waals surface area contributed by atoms with Crippen molar-refractivity contribution in [2.75, 3.05) is 5.73 Å². The van der Waals surface area contributed by atoms with E-state index in [9.17, 15) is 18.0 Å². The van der Waals surface area contributed by atoms with Gasteiger partial charge in [-0.1, -0.05) is 11.6 Å². The number of nitrogens with zero attached hydrogens (tertiary/aromatic N) is 2. The SMILES string of the molecule is NC(=O)c1cc(-c2ccnc(N)n2)[nH]c1-c1cc(Cl)ccc1C(F)(F)F. The number of carbonyl (C=O) groups is 1. The highest BCUT2D eigenvalue weighted by Gasteiger charge is 2.35. The molecule has 0 radical (unpaired) electrons. The van der Waals surface area contributed by atoms with Crippen molar-refractivity contribution in [3.8, 4) is 22.6 Å². The Bertz CT molecular complexity index is 1000. The molecule has 0 aliphatic heterocycles. The van der Waals surface area contributed by atoms with E-state index in [4.69, 9.17) is 23.1 Å². The van der Waals surface area contributed by atoms with Gasteiger partial charge in [0, 0.05) is 16.8 Å². The van der Waals surface area contributed by atoms with Crippen LogP contribution in [0.4, 0.5) is 19.1 Å². The maximum Gasteiger partial charge on any atom is 0.417 e. The van der Waals surface area contributed by atoms with E-state index < -0.39 is 17.6 Å². The van der Waals surface area contributed by atoms with Crippen LogP contribution in [0.25, 0.3) is 22.6 Å². The summed E-state index contributed by atoms with van der Waals surface area (Å²) in [6.45, 7) is 0. The van der Waals surface area contributed by atoms with E-state index in [2.05, 4.69) is 15.0 Å². The van der Waals surface area contributed by atoms with Gasteiger partial charge >= 0.3 is 6.18 Å². The highest BCUT2D eigenvalue weighted by atomic mass is 35.5. The van der Waals surface area contributed by atoms with Crippen LogP contribution in [0, 0.1) is 0 Å². The molecule has 3 aromatic rings. The average molecular weight is 382 g/mol. The summed E-state index contributed by atoms with van der Waals surface area (Å²) in [6, 6.07) is 5.86. The number of primary amides is 1. The Labute approximate surface area is 150 Å². The molecule has 0 atom stereocenters. The first kappa shape index (κ1) is 17.7. The number of nitrogen functional groups attached to an aromatic ring is 1. The predicted molar refractivity (Wildman–Crippen MR) is 90.2 cm³/mol. The molecule has 0 spiro atoms. The third kappa shape index (κ3) is 3.33. The van der Waals surface area contributed by atoms with Crippen LogP contribution in [-0.2, 0) is 6.18 Å². The smallest absolute Gasteiger partial charge is 0.368 e. The maximum absolute atomic E-state index is 13.4.